The number of aliphatic carboxylic acids is 1. The topological polar surface area (TPSA) is 78.4 Å². The van der Waals surface area contributed by atoms with Gasteiger partial charge in [-0.05, 0) is 11.8 Å². The van der Waals surface area contributed by atoms with Gasteiger partial charge in [-0.25, -0.2) is 4.79 Å². The predicted molar refractivity (Wildman–Crippen MR) is 57.6 cm³/mol. The lowest BCUT2D eigenvalue weighted by atomic mass is 9.77. The lowest BCUT2D eigenvalue weighted by Gasteiger charge is -2.37. The van der Waals surface area contributed by atoms with Crippen molar-refractivity contribution >= 4 is 11.8 Å². The van der Waals surface area contributed by atoms with Gasteiger partial charge in [-0.2, -0.15) is 0 Å². The second-order valence-corrected chi connectivity index (χ2v) is 5.21. The lowest BCUT2D eigenvalue weighted by molar-refractivity contribution is -0.139. The number of hydrogen-bond donors (Lipinski definition) is 3. The summed E-state index contributed by atoms with van der Waals surface area (Å²) < 4.78 is 0. The summed E-state index contributed by atoms with van der Waals surface area (Å²) in [5, 5.41) is 14.8. The number of carboxylic acid groups (broad SMARTS) is 1. The highest BCUT2D eigenvalue weighted by Gasteiger charge is 2.37. The molecule has 1 aliphatic heterocycles. The van der Waals surface area contributed by atoms with E-state index < -0.39 is 12.0 Å². The lowest BCUT2D eigenvalue weighted by Crippen LogP contribution is -2.52. The van der Waals surface area contributed by atoms with Gasteiger partial charge >= 0.3 is 5.97 Å². The van der Waals surface area contributed by atoms with Crippen molar-refractivity contribution in [3.05, 3.63) is 11.4 Å². The minimum atomic E-state index is -0.894. The number of ketones is 1. The van der Waals surface area contributed by atoms with Crippen LogP contribution in [0.4, 0.5) is 0 Å². The molecule has 88 valence electrons. The van der Waals surface area contributed by atoms with Gasteiger partial charge in [-0.1, -0.05) is 13.8 Å². The first kappa shape index (κ1) is 11.0. The number of hydrogen-bond acceptors (Lipinski definition) is 4. The Bertz CT molecular complexity index is 385. The van der Waals surface area contributed by atoms with Gasteiger partial charge in [-0.15, -0.1) is 0 Å². The second kappa shape index (κ2) is 3.50. The predicted octanol–water partition coefficient (Wildman–Crippen LogP) is 0.233. The molecule has 0 spiro atoms. The summed E-state index contributed by atoms with van der Waals surface area (Å²) in [6, 6.07) is -0.638. The van der Waals surface area contributed by atoms with E-state index in [4.69, 9.17) is 5.11 Å². The van der Waals surface area contributed by atoms with Gasteiger partial charge < -0.3 is 15.7 Å². The Morgan fingerprint density at radius 3 is 2.75 bits per heavy atom. The largest absolute Gasteiger partial charge is 0.480 e. The molecule has 0 saturated heterocycles. The monoisotopic (exact) mass is 224 g/mol. The van der Waals surface area contributed by atoms with Gasteiger partial charge in [0.05, 0.1) is 5.70 Å². The third kappa shape index (κ3) is 1.89. The maximum absolute atomic E-state index is 11.8. The van der Waals surface area contributed by atoms with Crippen LogP contribution in [0.25, 0.3) is 0 Å². The zero-order chi connectivity index (χ0) is 11.9. The molecule has 1 aliphatic carbocycles. The highest BCUT2D eigenvalue weighted by molar-refractivity contribution is 5.97. The molecule has 0 bridgehead atoms. The Morgan fingerprint density at radius 1 is 1.44 bits per heavy atom. The molecule has 3 N–H and O–H groups in total. The van der Waals surface area contributed by atoms with E-state index in [1.165, 1.54) is 0 Å². The van der Waals surface area contributed by atoms with Crippen LogP contribution in [0, 0.1) is 5.41 Å². The molecule has 0 radical (unpaired) electrons. The van der Waals surface area contributed by atoms with E-state index in [1.807, 2.05) is 13.8 Å². The van der Waals surface area contributed by atoms with Crippen molar-refractivity contribution in [2.75, 3.05) is 6.54 Å². The number of allylic oxidation sites excluding steroid dienone is 2. The molecule has 1 unspecified atom stereocenters. The summed E-state index contributed by atoms with van der Waals surface area (Å²) >= 11 is 0. The smallest absolute Gasteiger partial charge is 0.327 e. The third-order valence-corrected chi connectivity index (χ3v) is 3.00. The Morgan fingerprint density at radius 2 is 2.12 bits per heavy atom. The van der Waals surface area contributed by atoms with Crippen molar-refractivity contribution in [3.8, 4) is 0 Å². The molecule has 2 aliphatic rings. The molecule has 16 heavy (non-hydrogen) atoms. The van der Waals surface area contributed by atoms with Crippen molar-refractivity contribution in [2.45, 2.75) is 32.7 Å². The van der Waals surface area contributed by atoms with Crippen molar-refractivity contribution in [2.24, 2.45) is 5.41 Å². The third-order valence-electron chi connectivity index (χ3n) is 3.00. The van der Waals surface area contributed by atoms with Crippen LogP contribution < -0.4 is 10.6 Å². The Labute approximate surface area is 93.9 Å². The molecule has 0 aromatic carbocycles. The summed E-state index contributed by atoms with van der Waals surface area (Å²) in [6.07, 6.45) is 1.23. The zero-order valence-electron chi connectivity index (χ0n) is 9.46. The van der Waals surface area contributed by atoms with Crippen LogP contribution >= 0.6 is 0 Å². The molecule has 5 nitrogen and oxygen atoms in total. The van der Waals surface area contributed by atoms with Gasteiger partial charge in [0.2, 0.25) is 0 Å². The summed E-state index contributed by atoms with van der Waals surface area (Å²) in [5.41, 5.74) is 1.24. The number of carbonyl (C=O) groups excluding carboxylic acids is 1. The standard InChI is InChI=1S/C11H16N2O3/c1-11(2)3-6-9(8(14)4-11)12-5-7(13-6)10(15)16/h7,12-13H,3-5H2,1-2H3,(H,15,16). The Hall–Kier alpha value is -1.52. The number of Topliss-reactive ketones (excluding diaryl/α,β-unsaturated/α-hetero) is 1. The van der Waals surface area contributed by atoms with Crippen molar-refractivity contribution in [1.29, 1.82) is 0 Å². The normalized spacial score (nSPS) is 27.9. The van der Waals surface area contributed by atoms with E-state index in [1.54, 1.807) is 0 Å². The van der Waals surface area contributed by atoms with E-state index >= 15 is 0 Å². The van der Waals surface area contributed by atoms with Gasteiger partial charge in [0.15, 0.2) is 5.78 Å². The Kier molecular flexibility index (Phi) is 2.40. The first-order valence-corrected chi connectivity index (χ1v) is 5.39. The molecule has 2 rings (SSSR count). The average Bonchev–Trinajstić information content (AvgIpc) is 2.14. The summed E-state index contributed by atoms with van der Waals surface area (Å²) in [4.78, 5) is 22.7. The van der Waals surface area contributed by atoms with Crippen LogP contribution in [0.1, 0.15) is 26.7 Å². The molecule has 1 heterocycles. The van der Waals surface area contributed by atoms with Crippen LogP contribution in [0.3, 0.4) is 0 Å². The highest BCUT2D eigenvalue weighted by atomic mass is 16.4. The van der Waals surface area contributed by atoms with Crippen molar-refractivity contribution in [3.63, 3.8) is 0 Å². The molecule has 1 atom stereocenters. The molecule has 0 aromatic heterocycles. The van der Waals surface area contributed by atoms with Gasteiger partial charge in [-0.3, -0.25) is 4.79 Å². The fraction of sp³-hybridized carbons (Fsp3) is 0.636. The van der Waals surface area contributed by atoms with Crippen LogP contribution in [0.2, 0.25) is 0 Å². The van der Waals surface area contributed by atoms with Crippen molar-refractivity contribution < 1.29 is 14.7 Å². The van der Waals surface area contributed by atoms with Crippen LogP contribution in [0.15, 0.2) is 11.4 Å². The maximum atomic E-state index is 11.8. The molecule has 5 heteroatoms. The van der Waals surface area contributed by atoms with Crippen molar-refractivity contribution in [1.82, 2.24) is 10.6 Å². The number of nitrogens with one attached hydrogen (secondary N) is 2. The number of carboxylic acids is 1. The highest BCUT2D eigenvalue weighted by Crippen LogP contribution is 2.35. The fourth-order valence-electron chi connectivity index (χ4n) is 2.26. The fourth-order valence-corrected chi connectivity index (χ4v) is 2.26. The van der Waals surface area contributed by atoms with Crippen LogP contribution in [0.5, 0.6) is 0 Å². The van der Waals surface area contributed by atoms with E-state index in [0.29, 0.717) is 18.5 Å². The number of rotatable bonds is 1. The van der Waals surface area contributed by atoms with E-state index in [2.05, 4.69) is 10.6 Å². The molecule has 0 saturated carbocycles. The first-order valence-electron chi connectivity index (χ1n) is 5.39. The molecular formula is C11H16N2O3. The first-order chi connectivity index (χ1) is 7.39. The van der Waals surface area contributed by atoms with Crippen LogP contribution in [-0.4, -0.2) is 29.4 Å². The van der Waals surface area contributed by atoms with Gasteiger partial charge in [0.25, 0.3) is 0 Å². The molecule has 0 fully saturated rings. The molecular weight excluding hydrogens is 208 g/mol. The van der Waals surface area contributed by atoms with E-state index in [9.17, 15) is 9.59 Å². The van der Waals surface area contributed by atoms with E-state index in [-0.39, 0.29) is 17.7 Å². The quantitative estimate of drug-likeness (QED) is 0.594. The minimum Gasteiger partial charge on any atom is -0.480 e. The average molecular weight is 224 g/mol. The Balaban J connectivity index is 2.25. The minimum absolute atomic E-state index is 0.0718. The summed E-state index contributed by atoms with van der Waals surface area (Å²) in [5.74, 6) is -0.822. The number of carbonyl (C=O) groups is 2. The maximum Gasteiger partial charge on any atom is 0.327 e. The SMILES string of the molecule is CC1(C)CC(=O)C2=C(C1)NC(C(=O)O)CN2. The summed E-state index contributed by atoms with van der Waals surface area (Å²) in [7, 11) is 0. The summed E-state index contributed by atoms with van der Waals surface area (Å²) in [6.45, 7) is 4.29. The zero-order valence-corrected chi connectivity index (χ0v) is 9.46. The van der Waals surface area contributed by atoms with Gasteiger partial charge in [0.1, 0.15) is 6.04 Å². The van der Waals surface area contributed by atoms with Gasteiger partial charge in [0, 0.05) is 18.7 Å². The van der Waals surface area contributed by atoms with Crippen LogP contribution in [-0.2, 0) is 9.59 Å². The second-order valence-electron chi connectivity index (χ2n) is 5.21. The van der Waals surface area contributed by atoms with E-state index in [0.717, 1.165) is 5.70 Å². The molecule has 0 aromatic rings. The molecule has 0 amide bonds.